The van der Waals surface area contributed by atoms with Crippen molar-refractivity contribution in [2.24, 2.45) is 0 Å². The van der Waals surface area contributed by atoms with Crippen LogP contribution in [0.25, 0.3) is 0 Å². The van der Waals surface area contributed by atoms with Crippen LogP contribution in [-0.4, -0.2) is 10.9 Å². The summed E-state index contributed by atoms with van der Waals surface area (Å²) in [4.78, 5) is 16.0. The smallest absolute Gasteiger partial charge is 0.224 e. The summed E-state index contributed by atoms with van der Waals surface area (Å²) in [7, 11) is 0. The average Bonchev–Trinajstić information content (AvgIpc) is 2.38. The molecule has 2 rings (SSSR count). The van der Waals surface area contributed by atoms with Crippen LogP contribution in [-0.2, 0) is 11.2 Å². The van der Waals surface area contributed by atoms with Gasteiger partial charge in [-0.3, -0.25) is 9.78 Å². The van der Waals surface area contributed by atoms with Gasteiger partial charge in [-0.25, -0.2) is 0 Å². The topological polar surface area (TPSA) is 42.0 Å². The highest BCUT2D eigenvalue weighted by Crippen LogP contribution is 2.11. The number of nitrogens with one attached hydrogen (secondary N) is 1. The van der Waals surface area contributed by atoms with Crippen LogP contribution < -0.4 is 5.32 Å². The first-order valence-corrected chi connectivity index (χ1v) is 6.42. The fourth-order valence-corrected chi connectivity index (χ4v) is 1.99. The van der Waals surface area contributed by atoms with E-state index in [0.29, 0.717) is 6.42 Å². The van der Waals surface area contributed by atoms with Crippen LogP contribution in [0, 0.1) is 13.8 Å². The maximum Gasteiger partial charge on any atom is 0.224 e. The van der Waals surface area contributed by atoms with Gasteiger partial charge in [-0.05, 0) is 43.5 Å². The molecule has 0 radical (unpaired) electrons. The van der Waals surface area contributed by atoms with Crippen molar-refractivity contribution in [1.29, 1.82) is 0 Å². The third-order valence-corrected chi connectivity index (χ3v) is 3.06. The first-order valence-electron chi connectivity index (χ1n) is 6.42. The molecule has 0 aliphatic rings. The maximum atomic E-state index is 11.9. The number of carbonyl (C=O) groups excluding carboxylic acids is 1. The molecule has 3 nitrogen and oxygen atoms in total. The number of aryl methyl sites for hydroxylation is 3. The number of hydrogen-bond acceptors (Lipinski definition) is 2. The van der Waals surface area contributed by atoms with E-state index in [2.05, 4.69) is 29.4 Å². The lowest BCUT2D eigenvalue weighted by Crippen LogP contribution is -2.12. The Bertz CT molecular complexity index is 578. The molecule has 0 saturated heterocycles. The molecule has 0 bridgehead atoms. The minimum atomic E-state index is 0.0360. The highest BCUT2D eigenvalue weighted by atomic mass is 16.1. The molecule has 0 atom stereocenters. The molecule has 0 aliphatic heterocycles. The zero-order chi connectivity index (χ0) is 13.7. The molecule has 98 valence electrons. The number of aromatic nitrogens is 1. The Kier molecular flexibility index (Phi) is 4.29. The standard InChI is InChI=1S/C16H18N2O/c1-12-5-3-4-6-14(12)7-8-16(19)18-15-9-10-17-13(2)11-15/h3-6,9-11H,7-8H2,1-2H3,(H,17,18,19). The average molecular weight is 254 g/mol. The predicted octanol–water partition coefficient (Wildman–Crippen LogP) is 3.27. The Labute approximate surface area is 113 Å². The Balaban J connectivity index is 1.90. The van der Waals surface area contributed by atoms with E-state index in [9.17, 15) is 4.79 Å². The van der Waals surface area contributed by atoms with Gasteiger partial charge in [0, 0.05) is 24.0 Å². The van der Waals surface area contributed by atoms with E-state index in [1.807, 2.05) is 25.1 Å². The third-order valence-electron chi connectivity index (χ3n) is 3.06. The molecule has 0 unspecified atom stereocenters. The second kappa shape index (κ2) is 6.14. The summed E-state index contributed by atoms with van der Waals surface area (Å²) < 4.78 is 0. The lowest BCUT2D eigenvalue weighted by molar-refractivity contribution is -0.116. The number of benzene rings is 1. The number of nitrogens with zero attached hydrogens (tertiary/aromatic N) is 1. The molecule has 0 spiro atoms. The molecule has 1 aromatic heterocycles. The van der Waals surface area contributed by atoms with E-state index in [0.717, 1.165) is 17.8 Å². The molecular weight excluding hydrogens is 236 g/mol. The van der Waals surface area contributed by atoms with Crippen molar-refractivity contribution in [3.05, 3.63) is 59.4 Å². The van der Waals surface area contributed by atoms with Gasteiger partial charge in [-0.15, -0.1) is 0 Å². The van der Waals surface area contributed by atoms with Gasteiger partial charge >= 0.3 is 0 Å². The van der Waals surface area contributed by atoms with E-state index in [4.69, 9.17) is 0 Å². The van der Waals surface area contributed by atoms with E-state index in [-0.39, 0.29) is 5.91 Å². The van der Waals surface area contributed by atoms with Crippen LogP contribution in [0.5, 0.6) is 0 Å². The Hall–Kier alpha value is -2.16. The lowest BCUT2D eigenvalue weighted by Gasteiger charge is -2.07. The van der Waals surface area contributed by atoms with E-state index >= 15 is 0 Å². The lowest BCUT2D eigenvalue weighted by atomic mass is 10.0. The maximum absolute atomic E-state index is 11.9. The normalized spacial score (nSPS) is 10.2. The van der Waals surface area contributed by atoms with Gasteiger partial charge in [-0.2, -0.15) is 0 Å². The monoisotopic (exact) mass is 254 g/mol. The third kappa shape index (κ3) is 3.91. The predicted molar refractivity (Wildman–Crippen MR) is 77.1 cm³/mol. The second-order valence-corrected chi connectivity index (χ2v) is 4.66. The van der Waals surface area contributed by atoms with Gasteiger partial charge in [0.25, 0.3) is 0 Å². The van der Waals surface area contributed by atoms with Gasteiger partial charge in [-0.1, -0.05) is 24.3 Å². The first-order chi connectivity index (χ1) is 9.15. The van der Waals surface area contributed by atoms with Crippen molar-refractivity contribution in [3.8, 4) is 0 Å². The molecule has 2 aromatic rings. The van der Waals surface area contributed by atoms with Crippen LogP contribution >= 0.6 is 0 Å². The SMILES string of the molecule is Cc1cc(NC(=O)CCc2ccccc2C)ccn1. The van der Waals surface area contributed by atoms with Gasteiger partial charge in [0.05, 0.1) is 0 Å². The fraction of sp³-hybridized carbons (Fsp3) is 0.250. The molecule has 1 heterocycles. The summed E-state index contributed by atoms with van der Waals surface area (Å²) >= 11 is 0. The highest BCUT2D eigenvalue weighted by molar-refractivity contribution is 5.90. The molecule has 0 aliphatic carbocycles. The Morgan fingerprint density at radius 3 is 2.74 bits per heavy atom. The van der Waals surface area contributed by atoms with Crippen molar-refractivity contribution in [3.63, 3.8) is 0 Å². The number of rotatable bonds is 4. The quantitative estimate of drug-likeness (QED) is 0.909. The molecule has 3 heteroatoms. The summed E-state index contributed by atoms with van der Waals surface area (Å²) in [6, 6.07) is 11.8. The van der Waals surface area contributed by atoms with Crippen LogP contribution in [0.3, 0.4) is 0 Å². The fourth-order valence-electron chi connectivity index (χ4n) is 1.99. The van der Waals surface area contributed by atoms with Crippen LogP contribution in [0.2, 0.25) is 0 Å². The Morgan fingerprint density at radius 2 is 2.00 bits per heavy atom. The minimum Gasteiger partial charge on any atom is -0.326 e. The first kappa shape index (κ1) is 13.3. The summed E-state index contributed by atoms with van der Waals surface area (Å²) in [5.74, 6) is 0.0360. The van der Waals surface area contributed by atoms with Gasteiger partial charge in [0.1, 0.15) is 0 Å². The number of hydrogen-bond donors (Lipinski definition) is 1. The zero-order valence-electron chi connectivity index (χ0n) is 11.3. The molecule has 1 N–H and O–H groups in total. The number of anilines is 1. The van der Waals surface area contributed by atoms with Crippen molar-refractivity contribution < 1.29 is 4.79 Å². The van der Waals surface area contributed by atoms with E-state index in [1.165, 1.54) is 11.1 Å². The number of carbonyl (C=O) groups is 1. The summed E-state index contributed by atoms with van der Waals surface area (Å²) in [5, 5.41) is 2.89. The zero-order valence-corrected chi connectivity index (χ0v) is 11.3. The van der Waals surface area contributed by atoms with Crippen LogP contribution in [0.1, 0.15) is 23.2 Å². The molecule has 19 heavy (non-hydrogen) atoms. The number of amides is 1. The van der Waals surface area contributed by atoms with Crippen LogP contribution in [0.15, 0.2) is 42.6 Å². The highest BCUT2D eigenvalue weighted by Gasteiger charge is 2.04. The largest absolute Gasteiger partial charge is 0.326 e. The number of pyridine rings is 1. The van der Waals surface area contributed by atoms with Crippen molar-refractivity contribution >= 4 is 11.6 Å². The molecular formula is C16H18N2O. The van der Waals surface area contributed by atoms with Crippen LogP contribution in [0.4, 0.5) is 5.69 Å². The molecule has 0 fully saturated rings. The van der Waals surface area contributed by atoms with E-state index in [1.54, 1.807) is 12.3 Å². The molecule has 1 amide bonds. The minimum absolute atomic E-state index is 0.0360. The van der Waals surface area contributed by atoms with Crippen molar-refractivity contribution in [1.82, 2.24) is 4.98 Å². The van der Waals surface area contributed by atoms with Crippen molar-refractivity contribution in [2.45, 2.75) is 26.7 Å². The summed E-state index contributed by atoms with van der Waals surface area (Å²) in [5.41, 5.74) is 4.16. The molecule has 0 saturated carbocycles. The van der Waals surface area contributed by atoms with Gasteiger partial charge in [0.15, 0.2) is 0 Å². The van der Waals surface area contributed by atoms with Gasteiger partial charge < -0.3 is 5.32 Å². The van der Waals surface area contributed by atoms with E-state index < -0.39 is 0 Å². The second-order valence-electron chi connectivity index (χ2n) is 4.66. The summed E-state index contributed by atoms with van der Waals surface area (Å²) in [6.45, 7) is 3.97. The van der Waals surface area contributed by atoms with Gasteiger partial charge in [0.2, 0.25) is 5.91 Å². The Morgan fingerprint density at radius 1 is 1.21 bits per heavy atom. The summed E-state index contributed by atoms with van der Waals surface area (Å²) in [6.07, 6.45) is 2.96. The van der Waals surface area contributed by atoms with Crippen molar-refractivity contribution in [2.75, 3.05) is 5.32 Å². The molecule has 1 aromatic carbocycles.